The van der Waals surface area contributed by atoms with Gasteiger partial charge in [0, 0.05) is 11.3 Å². The Morgan fingerprint density at radius 2 is 1.84 bits per heavy atom. The lowest BCUT2D eigenvalue weighted by atomic mass is 9.45. The van der Waals surface area contributed by atoms with E-state index in [0.717, 1.165) is 18.4 Å². The summed E-state index contributed by atoms with van der Waals surface area (Å²) < 4.78 is 0. The zero-order valence-electron chi connectivity index (χ0n) is 15.1. The largest absolute Gasteiger partial charge is 0.393 e. The normalized spacial score (nSPS) is 57.7. The van der Waals surface area contributed by atoms with Crippen LogP contribution >= 0.6 is 0 Å². The molecule has 0 amide bonds. The van der Waals surface area contributed by atoms with E-state index in [9.17, 15) is 20.4 Å². The second kappa shape index (κ2) is 5.57. The molecule has 0 radical (unpaired) electrons. The fraction of sp³-hybridized carbons (Fsp3) is 0.810. The highest BCUT2D eigenvalue weighted by Gasteiger charge is 2.64. The van der Waals surface area contributed by atoms with E-state index in [2.05, 4.69) is 19.8 Å². The highest BCUT2D eigenvalue weighted by molar-refractivity contribution is 5.32. The number of hydrogen-bond acceptors (Lipinski definition) is 4. The molecule has 0 spiro atoms. The molecule has 4 rings (SSSR count). The van der Waals surface area contributed by atoms with Crippen molar-refractivity contribution >= 4 is 0 Å². The first kappa shape index (κ1) is 17.5. The third-order valence-electron chi connectivity index (χ3n) is 8.42. The van der Waals surface area contributed by atoms with E-state index in [1.165, 1.54) is 0 Å². The molecule has 4 N–H and O–H groups in total. The molecule has 0 heterocycles. The van der Waals surface area contributed by atoms with Crippen LogP contribution in [0.1, 0.15) is 46.0 Å². The number of fused-ring (bicyclic) bond motifs is 5. The molecule has 1 unspecified atom stereocenters. The molecule has 4 nitrogen and oxygen atoms in total. The van der Waals surface area contributed by atoms with Crippen LogP contribution in [0.4, 0.5) is 0 Å². The van der Waals surface area contributed by atoms with E-state index in [1.807, 2.05) is 6.08 Å². The Morgan fingerprint density at radius 1 is 1.12 bits per heavy atom. The van der Waals surface area contributed by atoms with Gasteiger partial charge >= 0.3 is 0 Å². The zero-order valence-corrected chi connectivity index (χ0v) is 15.1. The van der Waals surface area contributed by atoms with Crippen LogP contribution in [0.2, 0.25) is 0 Å². The van der Waals surface area contributed by atoms with Crippen LogP contribution in [0, 0.1) is 46.8 Å². The molecular weight excluding hydrogens is 316 g/mol. The predicted molar refractivity (Wildman–Crippen MR) is 94.2 cm³/mol. The van der Waals surface area contributed by atoms with E-state index < -0.39 is 24.4 Å². The van der Waals surface area contributed by atoms with Gasteiger partial charge in [-0.2, -0.15) is 0 Å². The molecule has 0 bridgehead atoms. The number of terminal acetylenes is 1. The lowest BCUT2D eigenvalue weighted by Gasteiger charge is -2.60. The molecule has 4 aliphatic rings. The van der Waals surface area contributed by atoms with E-state index in [-0.39, 0.29) is 34.5 Å². The van der Waals surface area contributed by atoms with Crippen LogP contribution in [0.5, 0.6) is 0 Å². The number of hydrogen-bond donors (Lipinski definition) is 4. The summed E-state index contributed by atoms with van der Waals surface area (Å²) >= 11 is 0. The van der Waals surface area contributed by atoms with Crippen molar-refractivity contribution in [2.75, 3.05) is 0 Å². The zero-order chi connectivity index (χ0) is 18.1. The van der Waals surface area contributed by atoms with Crippen molar-refractivity contribution in [1.82, 2.24) is 0 Å². The van der Waals surface area contributed by atoms with Gasteiger partial charge in [-0.1, -0.05) is 25.5 Å². The fourth-order valence-corrected chi connectivity index (χ4v) is 6.96. The van der Waals surface area contributed by atoms with Crippen molar-refractivity contribution in [2.45, 2.75) is 70.4 Å². The van der Waals surface area contributed by atoms with E-state index in [1.54, 1.807) is 0 Å². The summed E-state index contributed by atoms with van der Waals surface area (Å²) in [7, 11) is 0. The van der Waals surface area contributed by atoms with Crippen LogP contribution in [-0.4, -0.2) is 44.8 Å². The third kappa shape index (κ3) is 2.16. The first-order valence-corrected chi connectivity index (χ1v) is 9.63. The Balaban J connectivity index is 1.79. The Bertz CT molecular complexity index is 636. The minimum absolute atomic E-state index is 0.00499. The Morgan fingerprint density at radius 3 is 2.52 bits per heavy atom. The van der Waals surface area contributed by atoms with Crippen LogP contribution in [0.15, 0.2) is 11.6 Å². The van der Waals surface area contributed by atoms with Gasteiger partial charge in [0.2, 0.25) is 0 Å². The standard InChI is InChI=1S/C21H30O4/c1-4-11-7-13(22)8-12-9-16(23)18-14(21(11,12)3)5-6-20(2)15(18)10-17(24)19(20)25/h1,9,11,13-19,22-25H,5-8,10H2,2-3H3/t11?,13-,14-,15-,16-,17+,18+,19-,20-,21-/m0/s1. The van der Waals surface area contributed by atoms with Gasteiger partial charge < -0.3 is 20.4 Å². The van der Waals surface area contributed by atoms with Crippen LogP contribution in [0.3, 0.4) is 0 Å². The summed E-state index contributed by atoms with van der Waals surface area (Å²) in [5, 5.41) is 42.0. The highest BCUT2D eigenvalue weighted by Crippen LogP contribution is 2.65. The first-order chi connectivity index (χ1) is 11.7. The van der Waals surface area contributed by atoms with Gasteiger partial charge in [-0.25, -0.2) is 0 Å². The molecule has 4 aliphatic carbocycles. The van der Waals surface area contributed by atoms with Crippen molar-refractivity contribution in [1.29, 1.82) is 0 Å². The Kier molecular flexibility index (Phi) is 3.91. The first-order valence-electron chi connectivity index (χ1n) is 9.63. The highest BCUT2D eigenvalue weighted by atomic mass is 16.3. The summed E-state index contributed by atoms with van der Waals surface area (Å²) in [5.74, 6) is 3.21. The monoisotopic (exact) mass is 346 g/mol. The molecule has 3 fully saturated rings. The quantitative estimate of drug-likeness (QED) is 0.396. The van der Waals surface area contributed by atoms with Crippen LogP contribution < -0.4 is 0 Å². The van der Waals surface area contributed by atoms with Crippen molar-refractivity contribution < 1.29 is 20.4 Å². The minimum atomic E-state index is -0.722. The van der Waals surface area contributed by atoms with Gasteiger partial charge in [0.15, 0.2) is 0 Å². The molecule has 0 aliphatic heterocycles. The molecule has 4 heteroatoms. The molecular formula is C21H30O4. The average molecular weight is 346 g/mol. The summed E-state index contributed by atoms with van der Waals surface area (Å²) in [6.45, 7) is 4.27. The van der Waals surface area contributed by atoms with E-state index in [0.29, 0.717) is 19.3 Å². The third-order valence-corrected chi connectivity index (χ3v) is 8.42. The number of rotatable bonds is 0. The molecule has 10 atom stereocenters. The van der Waals surface area contributed by atoms with E-state index in [4.69, 9.17) is 6.42 Å². The molecule has 0 saturated heterocycles. The molecule has 25 heavy (non-hydrogen) atoms. The summed E-state index contributed by atoms with van der Waals surface area (Å²) in [6, 6.07) is 0. The van der Waals surface area contributed by atoms with Crippen molar-refractivity contribution in [3.63, 3.8) is 0 Å². The lowest BCUT2D eigenvalue weighted by molar-refractivity contribution is -0.117. The Labute approximate surface area is 150 Å². The summed E-state index contributed by atoms with van der Waals surface area (Å²) in [6.07, 6.45) is 8.78. The maximum atomic E-state index is 11.0. The van der Waals surface area contributed by atoms with Gasteiger partial charge in [-0.15, -0.1) is 12.3 Å². The Hall–Kier alpha value is -0.860. The van der Waals surface area contributed by atoms with E-state index >= 15 is 0 Å². The van der Waals surface area contributed by atoms with Gasteiger partial charge in [-0.05, 0) is 55.3 Å². The fourth-order valence-electron chi connectivity index (χ4n) is 6.96. The number of aliphatic hydroxyl groups excluding tert-OH is 4. The van der Waals surface area contributed by atoms with Gasteiger partial charge in [0.05, 0.1) is 24.4 Å². The second-order valence-electron chi connectivity index (χ2n) is 9.36. The molecule has 0 aromatic carbocycles. The summed E-state index contributed by atoms with van der Waals surface area (Å²) in [4.78, 5) is 0. The minimum Gasteiger partial charge on any atom is -0.393 e. The molecule has 0 aromatic rings. The SMILES string of the molecule is C#CC1C[C@H](O)CC2=C[C@H](O)[C@H]3[C@@H]4C[C@@H](O)[C@H](O)[C@@]4(C)CC[C@@H]3[C@]21C. The second-order valence-corrected chi connectivity index (χ2v) is 9.36. The topological polar surface area (TPSA) is 80.9 Å². The molecule has 0 aromatic heterocycles. The summed E-state index contributed by atoms with van der Waals surface area (Å²) in [5.41, 5.74) is 0.548. The van der Waals surface area contributed by atoms with Crippen molar-refractivity contribution in [2.24, 2.45) is 34.5 Å². The van der Waals surface area contributed by atoms with Gasteiger partial charge in [-0.3, -0.25) is 0 Å². The van der Waals surface area contributed by atoms with Crippen molar-refractivity contribution in [3.8, 4) is 12.3 Å². The predicted octanol–water partition coefficient (Wildman–Crippen LogP) is 1.47. The number of aliphatic hydroxyl groups is 4. The molecule has 138 valence electrons. The van der Waals surface area contributed by atoms with Gasteiger partial charge in [0.1, 0.15) is 0 Å². The molecule has 3 saturated carbocycles. The van der Waals surface area contributed by atoms with Crippen LogP contribution in [-0.2, 0) is 0 Å². The van der Waals surface area contributed by atoms with Gasteiger partial charge in [0.25, 0.3) is 0 Å². The van der Waals surface area contributed by atoms with Crippen LogP contribution in [0.25, 0.3) is 0 Å². The van der Waals surface area contributed by atoms with Crippen molar-refractivity contribution in [3.05, 3.63) is 11.6 Å². The smallest absolute Gasteiger partial charge is 0.0855 e. The maximum absolute atomic E-state index is 11.0. The average Bonchev–Trinajstić information content (AvgIpc) is 2.79. The lowest BCUT2D eigenvalue weighted by Crippen LogP contribution is -2.57. The maximum Gasteiger partial charge on any atom is 0.0855 e.